The molecule has 0 saturated heterocycles. The summed E-state index contributed by atoms with van der Waals surface area (Å²) in [7, 11) is 1.55. The minimum absolute atomic E-state index is 0.293. The lowest BCUT2D eigenvalue weighted by Gasteiger charge is -2.25. The Labute approximate surface area is 120 Å². The minimum atomic E-state index is -0.944. The van der Waals surface area contributed by atoms with E-state index >= 15 is 0 Å². The molecular weight excluding hydrogens is 280 g/mol. The number of urea groups is 1. The predicted octanol–water partition coefficient (Wildman–Crippen LogP) is 3.49. The predicted molar refractivity (Wildman–Crippen MR) is 72.8 cm³/mol. The molecule has 1 aromatic carbocycles. The molecule has 1 unspecified atom stereocenters. The van der Waals surface area contributed by atoms with Gasteiger partial charge in [0.1, 0.15) is 5.76 Å². The molecule has 0 saturated carbocycles. The SMILES string of the molecule is Cc1cc(NC(=O)N(C)C(C)c2ccc(F)c(F)c2)no1. The molecule has 0 aliphatic rings. The van der Waals surface area contributed by atoms with Crippen LogP contribution in [0, 0.1) is 18.6 Å². The number of halogens is 2. The van der Waals surface area contributed by atoms with Crippen LogP contribution in [0.1, 0.15) is 24.3 Å². The second-order valence-electron chi connectivity index (χ2n) is 4.71. The number of aromatic nitrogens is 1. The normalized spacial score (nSPS) is 12.0. The van der Waals surface area contributed by atoms with Gasteiger partial charge in [-0.15, -0.1) is 0 Å². The van der Waals surface area contributed by atoms with Gasteiger partial charge >= 0.3 is 6.03 Å². The van der Waals surface area contributed by atoms with Crippen LogP contribution < -0.4 is 5.32 Å². The molecule has 1 aromatic heterocycles. The maximum absolute atomic E-state index is 13.2. The molecule has 2 aromatic rings. The molecule has 5 nitrogen and oxygen atoms in total. The van der Waals surface area contributed by atoms with Crippen LogP contribution >= 0.6 is 0 Å². The summed E-state index contributed by atoms with van der Waals surface area (Å²) in [5, 5.41) is 6.21. The topological polar surface area (TPSA) is 58.4 Å². The second-order valence-corrected chi connectivity index (χ2v) is 4.71. The third kappa shape index (κ3) is 3.36. The van der Waals surface area contributed by atoms with E-state index in [2.05, 4.69) is 10.5 Å². The lowest BCUT2D eigenvalue weighted by Crippen LogP contribution is -2.33. The van der Waals surface area contributed by atoms with Crippen molar-refractivity contribution in [3.8, 4) is 0 Å². The van der Waals surface area contributed by atoms with E-state index in [0.717, 1.165) is 12.1 Å². The van der Waals surface area contributed by atoms with E-state index in [4.69, 9.17) is 4.52 Å². The maximum Gasteiger partial charge on any atom is 0.323 e. The zero-order chi connectivity index (χ0) is 15.6. The smallest absolute Gasteiger partial charge is 0.323 e. The van der Waals surface area contributed by atoms with Crippen molar-refractivity contribution in [2.45, 2.75) is 19.9 Å². The number of nitrogens with zero attached hydrogens (tertiary/aromatic N) is 2. The first-order chi connectivity index (χ1) is 9.88. The van der Waals surface area contributed by atoms with Gasteiger partial charge < -0.3 is 9.42 Å². The van der Waals surface area contributed by atoms with Crippen LogP contribution in [0.4, 0.5) is 19.4 Å². The first-order valence-electron chi connectivity index (χ1n) is 6.30. The van der Waals surface area contributed by atoms with Crippen LogP contribution in [0.15, 0.2) is 28.8 Å². The van der Waals surface area contributed by atoms with Crippen molar-refractivity contribution < 1.29 is 18.1 Å². The van der Waals surface area contributed by atoms with Gasteiger partial charge in [-0.05, 0) is 31.5 Å². The summed E-state index contributed by atoms with van der Waals surface area (Å²) in [5.41, 5.74) is 0.489. The average molecular weight is 295 g/mol. The van der Waals surface area contributed by atoms with Crippen molar-refractivity contribution in [2.75, 3.05) is 12.4 Å². The van der Waals surface area contributed by atoms with Crippen LogP contribution in [-0.2, 0) is 0 Å². The largest absolute Gasteiger partial charge is 0.360 e. The summed E-state index contributed by atoms with van der Waals surface area (Å²) in [6, 6.07) is 4.26. The van der Waals surface area contributed by atoms with Crippen molar-refractivity contribution in [1.82, 2.24) is 10.1 Å². The molecule has 0 radical (unpaired) electrons. The van der Waals surface area contributed by atoms with Gasteiger partial charge in [0.25, 0.3) is 0 Å². The molecule has 0 aliphatic carbocycles. The fourth-order valence-electron chi connectivity index (χ4n) is 1.79. The Hall–Kier alpha value is -2.44. The highest BCUT2D eigenvalue weighted by atomic mass is 19.2. The third-order valence-electron chi connectivity index (χ3n) is 3.19. The Morgan fingerprint density at radius 1 is 1.33 bits per heavy atom. The van der Waals surface area contributed by atoms with Gasteiger partial charge in [-0.1, -0.05) is 11.2 Å². The summed E-state index contributed by atoms with van der Waals surface area (Å²) < 4.78 is 31.0. The number of aryl methyl sites for hydroxylation is 1. The van der Waals surface area contributed by atoms with Crippen LogP contribution in [0.3, 0.4) is 0 Å². The summed E-state index contributed by atoms with van der Waals surface area (Å²) >= 11 is 0. The fourth-order valence-corrected chi connectivity index (χ4v) is 1.79. The molecule has 0 spiro atoms. The Balaban J connectivity index is 2.08. The van der Waals surface area contributed by atoms with E-state index in [1.165, 1.54) is 11.0 Å². The van der Waals surface area contributed by atoms with Gasteiger partial charge in [-0.3, -0.25) is 5.32 Å². The van der Waals surface area contributed by atoms with Gasteiger partial charge in [-0.2, -0.15) is 0 Å². The third-order valence-corrected chi connectivity index (χ3v) is 3.19. The van der Waals surface area contributed by atoms with Gasteiger partial charge in [0.15, 0.2) is 17.5 Å². The molecule has 0 fully saturated rings. The molecule has 1 N–H and O–H groups in total. The van der Waals surface area contributed by atoms with E-state index < -0.39 is 23.7 Å². The van der Waals surface area contributed by atoms with Gasteiger partial charge in [0.05, 0.1) is 6.04 Å². The number of hydrogen-bond acceptors (Lipinski definition) is 3. The second kappa shape index (κ2) is 5.90. The number of nitrogens with one attached hydrogen (secondary N) is 1. The molecule has 0 bridgehead atoms. The van der Waals surface area contributed by atoms with Crippen molar-refractivity contribution in [3.05, 3.63) is 47.2 Å². The zero-order valence-corrected chi connectivity index (χ0v) is 11.9. The van der Waals surface area contributed by atoms with Crippen molar-refractivity contribution >= 4 is 11.8 Å². The lowest BCUT2D eigenvalue weighted by molar-refractivity contribution is 0.208. The van der Waals surface area contributed by atoms with Crippen LogP contribution in [0.25, 0.3) is 0 Å². The standard InChI is InChI=1S/C14H15F2N3O2/c1-8-6-13(18-21-8)17-14(20)19(3)9(2)10-4-5-11(15)12(16)7-10/h4-7,9H,1-3H3,(H,17,18,20). The summed E-state index contributed by atoms with van der Waals surface area (Å²) in [4.78, 5) is 13.4. The molecular formula is C14H15F2N3O2. The van der Waals surface area contributed by atoms with Crippen LogP contribution in [0.2, 0.25) is 0 Å². The Kier molecular flexibility index (Phi) is 4.21. The number of hydrogen-bond donors (Lipinski definition) is 1. The number of amides is 2. The molecule has 2 rings (SSSR count). The van der Waals surface area contributed by atoms with Crippen molar-refractivity contribution in [1.29, 1.82) is 0 Å². The zero-order valence-electron chi connectivity index (χ0n) is 11.9. The molecule has 2 amide bonds. The number of anilines is 1. The number of benzene rings is 1. The highest BCUT2D eigenvalue weighted by Gasteiger charge is 2.19. The summed E-state index contributed by atoms with van der Waals surface area (Å²) in [6.07, 6.45) is 0. The number of carbonyl (C=O) groups is 1. The highest BCUT2D eigenvalue weighted by molar-refractivity contribution is 5.88. The van der Waals surface area contributed by atoms with E-state index in [9.17, 15) is 13.6 Å². The first kappa shape index (κ1) is 15.0. The summed E-state index contributed by atoms with van der Waals surface area (Å²) in [6.45, 7) is 3.41. The quantitative estimate of drug-likeness (QED) is 0.943. The van der Waals surface area contributed by atoms with Gasteiger partial charge in [0.2, 0.25) is 0 Å². The molecule has 7 heteroatoms. The van der Waals surface area contributed by atoms with E-state index in [1.807, 2.05) is 0 Å². The number of carbonyl (C=O) groups excluding carboxylic acids is 1. The monoisotopic (exact) mass is 295 g/mol. The molecule has 1 heterocycles. The minimum Gasteiger partial charge on any atom is -0.360 e. The van der Waals surface area contributed by atoms with E-state index in [1.54, 1.807) is 27.0 Å². The number of rotatable bonds is 3. The van der Waals surface area contributed by atoms with Gasteiger partial charge in [0, 0.05) is 13.1 Å². The first-order valence-corrected chi connectivity index (χ1v) is 6.30. The Morgan fingerprint density at radius 2 is 2.05 bits per heavy atom. The highest BCUT2D eigenvalue weighted by Crippen LogP contribution is 2.21. The molecule has 1 atom stereocenters. The van der Waals surface area contributed by atoms with E-state index in [-0.39, 0.29) is 0 Å². The molecule has 21 heavy (non-hydrogen) atoms. The average Bonchev–Trinajstić information content (AvgIpc) is 2.85. The fraction of sp³-hybridized carbons (Fsp3) is 0.286. The Bertz CT molecular complexity index is 657. The van der Waals surface area contributed by atoms with Crippen molar-refractivity contribution in [2.24, 2.45) is 0 Å². The molecule has 112 valence electrons. The van der Waals surface area contributed by atoms with E-state index in [0.29, 0.717) is 17.1 Å². The Morgan fingerprint density at radius 3 is 2.62 bits per heavy atom. The lowest BCUT2D eigenvalue weighted by atomic mass is 10.1. The van der Waals surface area contributed by atoms with Crippen LogP contribution in [-0.4, -0.2) is 23.1 Å². The maximum atomic E-state index is 13.2. The summed E-state index contributed by atoms with van der Waals surface area (Å²) in [5.74, 6) is -1.00. The van der Waals surface area contributed by atoms with Crippen molar-refractivity contribution in [3.63, 3.8) is 0 Å². The van der Waals surface area contributed by atoms with Gasteiger partial charge in [-0.25, -0.2) is 13.6 Å². The van der Waals surface area contributed by atoms with Crippen LogP contribution in [0.5, 0.6) is 0 Å². The molecule has 0 aliphatic heterocycles.